The lowest BCUT2D eigenvalue weighted by Crippen LogP contribution is -2.24. The average Bonchev–Trinajstić information content (AvgIpc) is 2.34. The van der Waals surface area contributed by atoms with E-state index < -0.39 is 18.6 Å². The summed E-state index contributed by atoms with van der Waals surface area (Å²) in [5.74, 6) is -1.20. The Balaban J connectivity index is 3.04. The molecule has 0 spiro atoms. The van der Waals surface area contributed by atoms with Crippen LogP contribution >= 0.6 is 0 Å². The van der Waals surface area contributed by atoms with Gasteiger partial charge in [-0.25, -0.2) is 9.97 Å². The number of alkyl halides is 3. The summed E-state index contributed by atoms with van der Waals surface area (Å²) in [7, 11) is 0. The zero-order valence-corrected chi connectivity index (χ0v) is 10.3. The van der Waals surface area contributed by atoms with E-state index in [4.69, 9.17) is 5.11 Å². The summed E-state index contributed by atoms with van der Waals surface area (Å²) in [5, 5.41) is 8.93. The van der Waals surface area contributed by atoms with Crippen LogP contribution in [0.3, 0.4) is 0 Å². The SMILES string of the molecule is CCN(CC)Cc1cc(CO)nc(C(F)(F)F)n1. The number of aliphatic hydroxyl groups excluding tert-OH is 1. The Kier molecular flexibility index (Phi) is 5.03. The first-order chi connectivity index (χ1) is 8.40. The Bertz CT molecular complexity index is 392. The molecule has 1 heterocycles. The quantitative estimate of drug-likeness (QED) is 0.880. The van der Waals surface area contributed by atoms with Crippen molar-refractivity contribution in [2.75, 3.05) is 13.1 Å². The molecule has 1 aromatic heterocycles. The highest BCUT2D eigenvalue weighted by Crippen LogP contribution is 2.26. The van der Waals surface area contributed by atoms with Crippen molar-refractivity contribution < 1.29 is 18.3 Å². The number of aliphatic hydroxyl groups is 1. The first-order valence-electron chi connectivity index (χ1n) is 5.67. The van der Waals surface area contributed by atoms with Crippen LogP contribution in [0, 0.1) is 0 Å². The van der Waals surface area contributed by atoms with Crippen LogP contribution in [0.1, 0.15) is 31.1 Å². The molecule has 0 aliphatic heterocycles. The largest absolute Gasteiger partial charge is 0.451 e. The van der Waals surface area contributed by atoms with E-state index in [2.05, 4.69) is 9.97 Å². The normalized spacial score (nSPS) is 12.2. The predicted molar refractivity (Wildman–Crippen MR) is 59.6 cm³/mol. The lowest BCUT2D eigenvalue weighted by Gasteiger charge is -2.18. The number of nitrogens with zero attached hydrogens (tertiary/aromatic N) is 3. The number of rotatable bonds is 5. The maximum atomic E-state index is 12.6. The van der Waals surface area contributed by atoms with Crippen molar-refractivity contribution in [3.63, 3.8) is 0 Å². The topological polar surface area (TPSA) is 49.2 Å². The summed E-state index contributed by atoms with van der Waals surface area (Å²) in [6.45, 7) is 5.06. The van der Waals surface area contributed by atoms with Gasteiger partial charge in [0.05, 0.1) is 18.0 Å². The number of hydrogen-bond donors (Lipinski definition) is 1. The third-order valence-corrected chi connectivity index (χ3v) is 2.53. The highest BCUT2D eigenvalue weighted by atomic mass is 19.4. The smallest absolute Gasteiger partial charge is 0.390 e. The minimum absolute atomic E-state index is 0.0144. The standard InChI is InChI=1S/C11H16F3N3O/c1-3-17(4-2)6-8-5-9(7-18)16-10(15-8)11(12,13)14/h5,18H,3-4,6-7H2,1-2H3. The molecule has 0 unspecified atom stereocenters. The molecule has 0 saturated carbocycles. The van der Waals surface area contributed by atoms with Crippen molar-refractivity contribution in [2.24, 2.45) is 0 Å². The zero-order chi connectivity index (χ0) is 13.8. The maximum Gasteiger partial charge on any atom is 0.451 e. The van der Waals surface area contributed by atoms with E-state index in [1.807, 2.05) is 18.7 Å². The van der Waals surface area contributed by atoms with E-state index in [1.165, 1.54) is 6.07 Å². The Hall–Kier alpha value is -1.21. The molecule has 18 heavy (non-hydrogen) atoms. The second-order valence-corrected chi connectivity index (χ2v) is 3.79. The highest BCUT2D eigenvalue weighted by Gasteiger charge is 2.35. The van der Waals surface area contributed by atoms with Gasteiger partial charge in [-0.1, -0.05) is 13.8 Å². The lowest BCUT2D eigenvalue weighted by molar-refractivity contribution is -0.145. The average molecular weight is 263 g/mol. The van der Waals surface area contributed by atoms with Gasteiger partial charge in [-0.2, -0.15) is 13.2 Å². The van der Waals surface area contributed by atoms with Crippen molar-refractivity contribution >= 4 is 0 Å². The van der Waals surface area contributed by atoms with Gasteiger partial charge in [0.25, 0.3) is 0 Å². The van der Waals surface area contributed by atoms with Crippen molar-refractivity contribution in [3.05, 3.63) is 23.3 Å². The molecule has 1 N–H and O–H groups in total. The Morgan fingerprint density at radius 1 is 1.17 bits per heavy atom. The lowest BCUT2D eigenvalue weighted by atomic mass is 10.3. The molecule has 0 aromatic carbocycles. The van der Waals surface area contributed by atoms with Gasteiger partial charge in [0, 0.05) is 6.54 Å². The molecule has 7 heteroatoms. The number of halogens is 3. The zero-order valence-electron chi connectivity index (χ0n) is 10.3. The molecular formula is C11H16F3N3O. The van der Waals surface area contributed by atoms with E-state index in [0.717, 1.165) is 13.1 Å². The third-order valence-electron chi connectivity index (χ3n) is 2.53. The third kappa shape index (κ3) is 3.92. The van der Waals surface area contributed by atoms with Crippen LogP contribution in [0.2, 0.25) is 0 Å². The second kappa shape index (κ2) is 6.10. The Morgan fingerprint density at radius 3 is 2.17 bits per heavy atom. The fourth-order valence-electron chi connectivity index (χ4n) is 1.52. The molecule has 0 bridgehead atoms. The molecule has 1 rings (SSSR count). The molecule has 0 atom stereocenters. The summed E-state index contributed by atoms with van der Waals surface area (Å²) < 4.78 is 37.7. The van der Waals surface area contributed by atoms with E-state index in [0.29, 0.717) is 6.54 Å². The predicted octanol–water partition coefficient (Wildman–Crippen LogP) is 1.83. The van der Waals surface area contributed by atoms with Gasteiger partial charge in [0.15, 0.2) is 0 Å². The van der Waals surface area contributed by atoms with E-state index in [9.17, 15) is 13.2 Å². The fourth-order valence-corrected chi connectivity index (χ4v) is 1.52. The minimum Gasteiger partial charge on any atom is -0.390 e. The molecule has 102 valence electrons. The van der Waals surface area contributed by atoms with Crippen LogP contribution < -0.4 is 0 Å². The molecule has 0 amide bonds. The van der Waals surface area contributed by atoms with Crippen LogP contribution in [0.15, 0.2) is 6.07 Å². The van der Waals surface area contributed by atoms with Gasteiger partial charge >= 0.3 is 6.18 Å². The van der Waals surface area contributed by atoms with Gasteiger partial charge in [0.1, 0.15) is 0 Å². The number of hydrogen-bond acceptors (Lipinski definition) is 4. The van der Waals surface area contributed by atoms with E-state index >= 15 is 0 Å². The summed E-state index contributed by atoms with van der Waals surface area (Å²) in [5.41, 5.74) is 0.254. The first-order valence-corrected chi connectivity index (χ1v) is 5.67. The van der Waals surface area contributed by atoms with Crippen LogP contribution in [0.25, 0.3) is 0 Å². The molecule has 0 radical (unpaired) electrons. The summed E-state index contributed by atoms with van der Waals surface area (Å²) in [6.07, 6.45) is -4.59. The van der Waals surface area contributed by atoms with Gasteiger partial charge in [-0.05, 0) is 19.2 Å². The van der Waals surface area contributed by atoms with Crippen LogP contribution in [0.5, 0.6) is 0 Å². The first kappa shape index (κ1) is 14.8. The van der Waals surface area contributed by atoms with Gasteiger partial charge in [0.2, 0.25) is 5.82 Å². The second-order valence-electron chi connectivity index (χ2n) is 3.79. The monoisotopic (exact) mass is 263 g/mol. The fraction of sp³-hybridized carbons (Fsp3) is 0.636. The highest BCUT2D eigenvalue weighted by molar-refractivity contribution is 5.12. The minimum atomic E-state index is -4.59. The van der Waals surface area contributed by atoms with E-state index in [1.54, 1.807) is 0 Å². The van der Waals surface area contributed by atoms with Crippen LogP contribution in [-0.2, 0) is 19.3 Å². The van der Waals surface area contributed by atoms with Gasteiger partial charge in [-0.15, -0.1) is 0 Å². The van der Waals surface area contributed by atoms with Gasteiger partial charge < -0.3 is 5.11 Å². The van der Waals surface area contributed by atoms with E-state index in [-0.39, 0.29) is 11.4 Å². The van der Waals surface area contributed by atoms with Crippen molar-refractivity contribution in [1.29, 1.82) is 0 Å². The summed E-state index contributed by atoms with van der Waals surface area (Å²) in [6, 6.07) is 1.40. The summed E-state index contributed by atoms with van der Waals surface area (Å²) >= 11 is 0. The maximum absolute atomic E-state index is 12.6. The molecular weight excluding hydrogens is 247 g/mol. The molecule has 1 aromatic rings. The Labute approximate surface area is 103 Å². The van der Waals surface area contributed by atoms with Crippen LogP contribution in [-0.4, -0.2) is 33.1 Å². The molecule has 0 fully saturated rings. The summed E-state index contributed by atoms with van der Waals surface area (Å²) in [4.78, 5) is 8.71. The van der Waals surface area contributed by atoms with Crippen molar-refractivity contribution in [3.8, 4) is 0 Å². The Morgan fingerprint density at radius 2 is 1.72 bits per heavy atom. The molecule has 0 aliphatic rings. The molecule has 4 nitrogen and oxygen atoms in total. The molecule has 0 aliphatic carbocycles. The van der Waals surface area contributed by atoms with Crippen molar-refractivity contribution in [2.45, 2.75) is 33.2 Å². The number of aromatic nitrogens is 2. The van der Waals surface area contributed by atoms with Gasteiger partial charge in [-0.3, -0.25) is 4.90 Å². The van der Waals surface area contributed by atoms with Crippen LogP contribution in [0.4, 0.5) is 13.2 Å². The molecule has 0 saturated heterocycles. The van der Waals surface area contributed by atoms with Crippen molar-refractivity contribution in [1.82, 2.24) is 14.9 Å².